The van der Waals surface area contributed by atoms with Gasteiger partial charge < -0.3 is 0 Å². The Kier molecular flexibility index (Phi) is 3.53. The summed E-state index contributed by atoms with van der Waals surface area (Å²) >= 11 is 0. The second-order valence-corrected chi connectivity index (χ2v) is 7.52. The normalized spacial score (nSPS) is 36.8. The Morgan fingerprint density at radius 3 is 2.32 bits per heavy atom. The molecule has 0 bridgehead atoms. The molecule has 0 radical (unpaired) electrons. The molecule has 0 saturated heterocycles. The highest BCUT2D eigenvalue weighted by atomic mass is 16.1. The summed E-state index contributed by atoms with van der Waals surface area (Å²) in [5.74, 6) is 3.37. The topological polar surface area (TPSA) is 17.1 Å². The second kappa shape index (κ2) is 4.61. The van der Waals surface area contributed by atoms with E-state index in [0.29, 0.717) is 35.0 Å². The Labute approximate surface area is 118 Å². The van der Waals surface area contributed by atoms with Gasteiger partial charge in [-0.3, -0.25) is 4.79 Å². The molecule has 1 saturated carbocycles. The number of allylic oxidation sites excluding steroid dienone is 4. The fourth-order valence-electron chi connectivity index (χ4n) is 4.51. The molecule has 0 aromatic heterocycles. The first-order chi connectivity index (χ1) is 8.67. The van der Waals surface area contributed by atoms with E-state index in [1.54, 1.807) is 6.92 Å². The fraction of sp³-hybridized carbons (Fsp3) is 0.722. The summed E-state index contributed by atoms with van der Waals surface area (Å²) in [5, 5.41) is 0. The minimum absolute atomic E-state index is 0.215. The van der Waals surface area contributed by atoms with Gasteiger partial charge in [0.2, 0.25) is 0 Å². The highest BCUT2D eigenvalue weighted by molar-refractivity contribution is 5.97. The molecule has 0 aliphatic heterocycles. The zero-order valence-electron chi connectivity index (χ0n) is 13.4. The van der Waals surface area contributed by atoms with Crippen molar-refractivity contribution in [2.24, 2.45) is 35.0 Å². The molecule has 0 heterocycles. The molecular weight excluding hydrogens is 232 g/mol. The molecule has 4 atom stereocenters. The average molecular weight is 260 g/mol. The molecule has 2 aliphatic rings. The van der Waals surface area contributed by atoms with Crippen molar-refractivity contribution >= 4 is 5.78 Å². The van der Waals surface area contributed by atoms with Gasteiger partial charge in [0.1, 0.15) is 0 Å². The zero-order valence-corrected chi connectivity index (χ0v) is 13.4. The molecule has 1 heteroatoms. The number of carbonyl (C=O) groups excluding carboxylic acids is 1. The zero-order chi connectivity index (χ0) is 14.5. The van der Waals surface area contributed by atoms with E-state index in [-0.39, 0.29) is 5.78 Å². The first-order valence-corrected chi connectivity index (χ1v) is 7.59. The van der Waals surface area contributed by atoms with Crippen LogP contribution in [0, 0.1) is 35.0 Å². The molecule has 19 heavy (non-hydrogen) atoms. The molecule has 0 unspecified atom stereocenters. The van der Waals surface area contributed by atoms with Crippen LogP contribution >= 0.6 is 0 Å². The van der Waals surface area contributed by atoms with Gasteiger partial charge >= 0.3 is 0 Å². The molecule has 1 fully saturated rings. The SMILES string of the molecule is CC(=O)C1=C[C@@H]2[C@H](C(C)C)[C@H](C)C(C)(C)[C@H]2C=C1C. The van der Waals surface area contributed by atoms with E-state index in [4.69, 9.17) is 0 Å². The van der Waals surface area contributed by atoms with Crippen molar-refractivity contribution in [3.63, 3.8) is 0 Å². The maximum absolute atomic E-state index is 11.8. The van der Waals surface area contributed by atoms with Crippen LogP contribution < -0.4 is 0 Å². The van der Waals surface area contributed by atoms with E-state index in [1.165, 1.54) is 5.57 Å². The van der Waals surface area contributed by atoms with Crippen LogP contribution in [0.4, 0.5) is 0 Å². The average Bonchev–Trinajstić information content (AvgIpc) is 2.47. The van der Waals surface area contributed by atoms with Gasteiger partial charge in [0.25, 0.3) is 0 Å². The first-order valence-electron chi connectivity index (χ1n) is 7.59. The number of fused-ring (bicyclic) bond motifs is 1. The minimum atomic E-state index is 0.215. The summed E-state index contributed by atoms with van der Waals surface area (Å²) in [6.07, 6.45) is 4.67. The summed E-state index contributed by atoms with van der Waals surface area (Å²) in [6.45, 7) is 15.6. The Morgan fingerprint density at radius 2 is 1.84 bits per heavy atom. The Bertz CT molecular complexity index is 450. The van der Waals surface area contributed by atoms with Gasteiger partial charge in [-0.05, 0) is 54.4 Å². The third-order valence-electron chi connectivity index (χ3n) is 5.83. The molecule has 0 aromatic rings. The van der Waals surface area contributed by atoms with Crippen LogP contribution in [0.3, 0.4) is 0 Å². The Hall–Kier alpha value is -0.850. The highest BCUT2D eigenvalue weighted by Gasteiger charge is 2.53. The number of hydrogen-bond donors (Lipinski definition) is 0. The van der Waals surface area contributed by atoms with Crippen molar-refractivity contribution in [1.82, 2.24) is 0 Å². The van der Waals surface area contributed by atoms with Crippen LogP contribution in [0.15, 0.2) is 23.3 Å². The van der Waals surface area contributed by atoms with Gasteiger partial charge in [-0.2, -0.15) is 0 Å². The van der Waals surface area contributed by atoms with E-state index in [0.717, 1.165) is 5.57 Å². The van der Waals surface area contributed by atoms with Crippen molar-refractivity contribution in [2.75, 3.05) is 0 Å². The maximum Gasteiger partial charge on any atom is 0.159 e. The van der Waals surface area contributed by atoms with Gasteiger partial charge in [0, 0.05) is 5.57 Å². The molecule has 0 amide bonds. The number of Topliss-reactive ketones (excluding diaryl/α,β-unsaturated/α-hetero) is 1. The monoisotopic (exact) mass is 260 g/mol. The first kappa shape index (κ1) is 14.6. The van der Waals surface area contributed by atoms with E-state index in [2.05, 4.69) is 53.7 Å². The molecule has 106 valence electrons. The largest absolute Gasteiger partial charge is 0.295 e. The lowest BCUT2D eigenvalue weighted by Gasteiger charge is -2.33. The Morgan fingerprint density at radius 1 is 1.26 bits per heavy atom. The second-order valence-electron chi connectivity index (χ2n) is 7.52. The van der Waals surface area contributed by atoms with Crippen molar-refractivity contribution < 1.29 is 4.79 Å². The van der Waals surface area contributed by atoms with Gasteiger partial charge in [0.15, 0.2) is 5.78 Å². The predicted octanol–water partition coefficient (Wildman–Crippen LogP) is 4.64. The number of ketones is 1. The van der Waals surface area contributed by atoms with Crippen LogP contribution in [0.2, 0.25) is 0 Å². The molecule has 0 aromatic carbocycles. The Balaban J connectivity index is 2.49. The summed E-state index contributed by atoms with van der Waals surface area (Å²) in [5.41, 5.74) is 2.45. The maximum atomic E-state index is 11.8. The van der Waals surface area contributed by atoms with Crippen LogP contribution in [-0.4, -0.2) is 5.78 Å². The molecule has 2 rings (SSSR count). The quantitative estimate of drug-likeness (QED) is 0.706. The van der Waals surface area contributed by atoms with Crippen LogP contribution in [0.1, 0.15) is 48.5 Å². The third-order valence-corrected chi connectivity index (χ3v) is 5.83. The van der Waals surface area contributed by atoms with E-state index in [1.807, 2.05) is 0 Å². The molecule has 0 N–H and O–H groups in total. The summed E-state index contributed by atoms with van der Waals surface area (Å²) in [7, 11) is 0. The summed E-state index contributed by atoms with van der Waals surface area (Å²) in [4.78, 5) is 11.8. The van der Waals surface area contributed by atoms with Crippen molar-refractivity contribution in [3.05, 3.63) is 23.3 Å². The van der Waals surface area contributed by atoms with Crippen LogP contribution in [0.5, 0.6) is 0 Å². The van der Waals surface area contributed by atoms with Crippen LogP contribution in [-0.2, 0) is 4.79 Å². The summed E-state index contributed by atoms with van der Waals surface area (Å²) in [6, 6.07) is 0. The molecular formula is C18H28O. The van der Waals surface area contributed by atoms with Crippen LogP contribution in [0.25, 0.3) is 0 Å². The van der Waals surface area contributed by atoms with Gasteiger partial charge in [0.05, 0.1) is 0 Å². The third kappa shape index (κ3) is 2.11. The summed E-state index contributed by atoms with van der Waals surface area (Å²) < 4.78 is 0. The van der Waals surface area contributed by atoms with Gasteiger partial charge in [-0.1, -0.05) is 46.8 Å². The van der Waals surface area contributed by atoms with Gasteiger partial charge in [-0.15, -0.1) is 0 Å². The molecule has 0 spiro atoms. The lowest BCUT2D eigenvalue weighted by Crippen LogP contribution is -2.26. The van der Waals surface area contributed by atoms with Crippen molar-refractivity contribution in [2.45, 2.75) is 48.5 Å². The highest BCUT2D eigenvalue weighted by Crippen LogP contribution is 2.59. The minimum Gasteiger partial charge on any atom is -0.295 e. The molecule has 2 aliphatic carbocycles. The standard InChI is InChI=1S/C18H28O/c1-10(2)17-12(4)18(6,7)16-8-11(3)14(13(5)19)9-15(16)17/h8-10,12,15-17H,1-7H3/t12-,15-,16-,17+/m0/s1. The fourth-order valence-corrected chi connectivity index (χ4v) is 4.51. The van der Waals surface area contributed by atoms with Crippen molar-refractivity contribution in [1.29, 1.82) is 0 Å². The van der Waals surface area contributed by atoms with E-state index >= 15 is 0 Å². The van der Waals surface area contributed by atoms with E-state index in [9.17, 15) is 4.79 Å². The predicted molar refractivity (Wildman–Crippen MR) is 80.8 cm³/mol. The smallest absolute Gasteiger partial charge is 0.159 e. The lowest BCUT2D eigenvalue weighted by atomic mass is 9.71. The van der Waals surface area contributed by atoms with E-state index < -0.39 is 0 Å². The van der Waals surface area contributed by atoms with Gasteiger partial charge in [-0.25, -0.2) is 0 Å². The molecule has 1 nitrogen and oxygen atoms in total. The number of hydrogen-bond acceptors (Lipinski definition) is 1. The number of rotatable bonds is 2. The lowest BCUT2D eigenvalue weighted by molar-refractivity contribution is -0.113. The van der Waals surface area contributed by atoms with Crippen molar-refractivity contribution in [3.8, 4) is 0 Å². The number of carbonyl (C=O) groups is 1.